The van der Waals surface area contributed by atoms with Crippen LogP contribution in [0.4, 0.5) is 0 Å². The molecule has 3 aromatic rings. The standard InChI is InChI=1S/C16H14N4O4/c1-24-11-5-2-9(3-6-11)14(15(17)21)20-13-7-4-10(16(22)23)8-12(13)18-19-20/h2-8,14H,1H3,(H2,17,21)(H,22,23). The van der Waals surface area contributed by atoms with E-state index in [1.165, 1.54) is 16.8 Å². The first-order chi connectivity index (χ1) is 11.5. The first kappa shape index (κ1) is 15.5. The Morgan fingerprint density at radius 3 is 2.50 bits per heavy atom. The summed E-state index contributed by atoms with van der Waals surface area (Å²) in [5, 5.41) is 17.0. The Kier molecular flexibility index (Phi) is 3.87. The molecular weight excluding hydrogens is 312 g/mol. The zero-order valence-corrected chi connectivity index (χ0v) is 12.7. The summed E-state index contributed by atoms with van der Waals surface area (Å²) in [5.74, 6) is -1.01. The van der Waals surface area contributed by atoms with E-state index in [-0.39, 0.29) is 5.56 Å². The summed E-state index contributed by atoms with van der Waals surface area (Å²) < 4.78 is 6.48. The summed E-state index contributed by atoms with van der Waals surface area (Å²) in [6, 6.07) is 10.4. The van der Waals surface area contributed by atoms with Gasteiger partial charge in [0.05, 0.1) is 18.2 Å². The monoisotopic (exact) mass is 326 g/mol. The van der Waals surface area contributed by atoms with Crippen molar-refractivity contribution >= 4 is 22.9 Å². The summed E-state index contributed by atoms with van der Waals surface area (Å²) in [4.78, 5) is 23.0. The SMILES string of the molecule is COc1ccc(C(C(N)=O)n2nnc3cc(C(=O)O)ccc32)cc1. The van der Waals surface area contributed by atoms with E-state index in [1.807, 2.05) is 0 Å². The summed E-state index contributed by atoms with van der Waals surface area (Å²) in [5.41, 5.74) is 7.15. The Hall–Kier alpha value is -3.42. The summed E-state index contributed by atoms with van der Waals surface area (Å²) in [6.07, 6.45) is 0. The molecule has 0 radical (unpaired) electrons. The van der Waals surface area contributed by atoms with Crippen LogP contribution in [0.5, 0.6) is 5.75 Å². The van der Waals surface area contributed by atoms with Gasteiger partial charge < -0.3 is 15.6 Å². The molecule has 0 saturated carbocycles. The highest BCUT2D eigenvalue weighted by molar-refractivity contribution is 5.92. The van der Waals surface area contributed by atoms with Crippen LogP contribution in [-0.2, 0) is 4.79 Å². The number of hydrogen-bond donors (Lipinski definition) is 2. The van der Waals surface area contributed by atoms with Crippen LogP contribution >= 0.6 is 0 Å². The van der Waals surface area contributed by atoms with Crippen molar-refractivity contribution in [1.29, 1.82) is 0 Å². The third kappa shape index (κ3) is 2.65. The molecule has 1 aromatic heterocycles. The Labute approximate surface area is 136 Å². The fraction of sp³-hybridized carbons (Fsp3) is 0.125. The van der Waals surface area contributed by atoms with Crippen molar-refractivity contribution in [3.05, 3.63) is 53.6 Å². The number of nitrogens with two attached hydrogens (primary N) is 1. The van der Waals surface area contributed by atoms with Crippen molar-refractivity contribution in [2.45, 2.75) is 6.04 Å². The van der Waals surface area contributed by atoms with Crippen LogP contribution in [0.25, 0.3) is 11.0 Å². The number of benzene rings is 2. The van der Waals surface area contributed by atoms with Gasteiger partial charge in [0.2, 0.25) is 5.91 Å². The number of hydrogen-bond acceptors (Lipinski definition) is 5. The van der Waals surface area contributed by atoms with Crippen molar-refractivity contribution in [3.63, 3.8) is 0 Å². The van der Waals surface area contributed by atoms with Gasteiger partial charge in [0.15, 0.2) is 6.04 Å². The molecule has 0 aliphatic carbocycles. The minimum absolute atomic E-state index is 0.0922. The van der Waals surface area contributed by atoms with E-state index >= 15 is 0 Å². The molecule has 3 N–H and O–H groups in total. The lowest BCUT2D eigenvalue weighted by Crippen LogP contribution is -2.28. The number of nitrogens with zero attached hydrogens (tertiary/aromatic N) is 3. The van der Waals surface area contributed by atoms with Crippen LogP contribution in [-0.4, -0.2) is 39.1 Å². The molecule has 8 heteroatoms. The molecule has 0 bridgehead atoms. The lowest BCUT2D eigenvalue weighted by atomic mass is 10.1. The molecule has 1 unspecified atom stereocenters. The molecule has 0 fully saturated rings. The van der Waals surface area contributed by atoms with Crippen LogP contribution in [0.15, 0.2) is 42.5 Å². The quantitative estimate of drug-likeness (QED) is 0.727. The van der Waals surface area contributed by atoms with Gasteiger partial charge in [-0.15, -0.1) is 5.10 Å². The molecule has 0 aliphatic heterocycles. The fourth-order valence-electron chi connectivity index (χ4n) is 2.48. The maximum Gasteiger partial charge on any atom is 0.335 e. The lowest BCUT2D eigenvalue weighted by molar-refractivity contribution is -0.120. The third-order valence-corrected chi connectivity index (χ3v) is 3.66. The number of carboxylic acids is 1. The van der Waals surface area contributed by atoms with E-state index in [4.69, 9.17) is 15.6 Å². The number of methoxy groups -OCH3 is 1. The summed E-state index contributed by atoms with van der Waals surface area (Å²) in [7, 11) is 1.55. The second kappa shape index (κ2) is 5.99. The molecule has 24 heavy (non-hydrogen) atoms. The van der Waals surface area contributed by atoms with E-state index in [0.29, 0.717) is 22.3 Å². The number of aromatic nitrogens is 3. The Bertz CT molecular complexity index is 917. The van der Waals surface area contributed by atoms with Gasteiger partial charge in [-0.3, -0.25) is 4.79 Å². The molecule has 0 saturated heterocycles. The lowest BCUT2D eigenvalue weighted by Gasteiger charge is -2.15. The highest BCUT2D eigenvalue weighted by Crippen LogP contribution is 2.24. The molecule has 2 aromatic carbocycles. The topological polar surface area (TPSA) is 120 Å². The van der Waals surface area contributed by atoms with E-state index in [2.05, 4.69) is 10.3 Å². The van der Waals surface area contributed by atoms with Crippen molar-refractivity contribution in [3.8, 4) is 5.75 Å². The van der Waals surface area contributed by atoms with Crippen molar-refractivity contribution in [1.82, 2.24) is 15.0 Å². The van der Waals surface area contributed by atoms with Crippen LogP contribution in [0, 0.1) is 0 Å². The van der Waals surface area contributed by atoms with Gasteiger partial charge in [-0.25, -0.2) is 9.48 Å². The molecule has 8 nitrogen and oxygen atoms in total. The molecular formula is C16H14N4O4. The molecule has 122 valence electrons. The maximum absolute atomic E-state index is 12.0. The highest BCUT2D eigenvalue weighted by Gasteiger charge is 2.24. The van der Waals surface area contributed by atoms with Crippen molar-refractivity contribution < 1.29 is 19.4 Å². The summed E-state index contributed by atoms with van der Waals surface area (Å²) in [6.45, 7) is 0. The minimum Gasteiger partial charge on any atom is -0.497 e. The number of amides is 1. The largest absolute Gasteiger partial charge is 0.497 e. The zero-order valence-electron chi connectivity index (χ0n) is 12.7. The molecule has 3 rings (SSSR count). The average molecular weight is 326 g/mol. The van der Waals surface area contributed by atoms with Gasteiger partial charge in [0.1, 0.15) is 11.3 Å². The molecule has 1 heterocycles. The first-order valence-electron chi connectivity index (χ1n) is 7.03. The molecule has 1 amide bonds. The number of carboxylic acid groups (broad SMARTS) is 1. The highest BCUT2D eigenvalue weighted by atomic mass is 16.5. The minimum atomic E-state index is -1.06. The number of primary amides is 1. The van der Waals surface area contributed by atoms with Gasteiger partial charge in [-0.1, -0.05) is 17.3 Å². The summed E-state index contributed by atoms with van der Waals surface area (Å²) >= 11 is 0. The van der Waals surface area contributed by atoms with Gasteiger partial charge >= 0.3 is 5.97 Å². The van der Waals surface area contributed by atoms with Crippen LogP contribution in [0.3, 0.4) is 0 Å². The van der Waals surface area contributed by atoms with Crippen LogP contribution in [0.1, 0.15) is 22.0 Å². The van der Waals surface area contributed by atoms with Gasteiger partial charge in [0, 0.05) is 0 Å². The molecule has 0 spiro atoms. The third-order valence-electron chi connectivity index (χ3n) is 3.66. The van der Waals surface area contributed by atoms with Crippen LogP contribution in [0.2, 0.25) is 0 Å². The van der Waals surface area contributed by atoms with Crippen LogP contribution < -0.4 is 10.5 Å². The number of aromatic carboxylic acids is 1. The van der Waals surface area contributed by atoms with Gasteiger partial charge in [-0.2, -0.15) is 0 Å². The van der Waals surface area contributed by atoms with E-state index < -0.39 is 17.9 Å². The first-order valence-corrected chi connectivity index (χ1v) is 7.03. The Morgan fingerprint density at radius 1 is 1.21 bits per heavy atom. The Balaban J connectivity index is 2.10. The maximum atomic E-state index is 12.0. The van der Waals surface area contributed by atoms with E-state index in [1.54, 1.807) is 37.4 Å². The second-order valence-corrected chi connectivity index (χ2v) is 5.12. The normalized spacial score (nSPS) is 12.0. The second-order valence-electron chi connectivity index (χ2n) is 5.12. The van der Waals surface area contributed by atoms with Crippen molar-refractivity contribution in [2.24, 2.45) is 5.73 Å². The zero-order chi connectivity index (χ0) is 17.3. The predicted octanol–water partition coefficient (Wildman–Crippen LogP) is 1.21. The van der Waals surface area contributed by atoms with Gasteiger partial charge in [-0.05, 0) is 35.9 Å². The fourth-order valence-corrected chi connectivity index (χ4v) is 2.48. The number of fused-ring (bicyclic) bond motifs is 1. The van der Waals surface area contributed by atoms with Crippen molar-refractivity contribution in [2.75, 3.05) is 7.11 Å². The number of ether oxygens (including phenoxy) is 1. The number of carbonyl (C=O) groups is 2. The smallest absolute Gasteiger partial charge is 0.335 e. The number of rotatable bonds is 5. The predicted molar refractivity (Wildman–Crippen MR) is 84.8 cm³/mol. The van der Waals surface area contributed by atoms with E-state index in [9.17, 15) is 9.59 Å². The van der Waals surface area contributed by atoms with Gasteiger partial charge in [0.25, 0.3) is 0 Å². The molecule has 0 aliphatic rings. The Morgan fingerprint density at radius 2 is 1.92 bits per heavy atom. The van der Waals surface area contributed by atoms with E-state index in [0.717, 1.165) is 0 Å². The number of carbonyl (C=O) groups excluding carboxylic acids is 1. The molecule has 1 atom stereocenters. The average Bonchev–Trinajstić information content (AvgIpc) is 2.98.